The van der Waals surface area contributed by atoms with Crippen molar-refractivity contribution in [2.45, 2.75) is 0 Å². The maximum atomic E-state index is 10.5. The van der Waals surface area contributed by atoms with Gasteiger partial charge in [-0.3, -0.25) is 4.55 Å². The van der Waals surface area contributed by atoms with Crippen LogP contribution in [-0.2, 0) is 10.4 Å². The van der Waals surface area contributed by atoms with E-state index in [0.29, 0.717) is 10.8 Å². The Balaban J connectivity index is 0.00000162. The van der Waals surface area contributed by atoms with E-state index >= 15 is 0 Å². The first-order valence-electron chi connectivity index (χ1n) is 4.48. The Morgan fingerprint density at radius 1 is 1.06 bits per heavy atom. The van der Waals surface area contributed by atoms with Crippen LogP contribution in [0.2, 0.25) is 0 Å². The van der Waals surface area contributed by atoms with Gasteiger partial charge >= 0.3 is 40.0 Å². The van der Waals surface area contributed by atoms with Crippen LogP contribution in [0.25, 0.3) is 10.8 Å². The van der Waals surface area contributed by atoms with Crippen molar-refractivity contribution in [3.63, 3.8) is 0 Å². The van der Waals surface area contributed by atoms with E-state index in [0.717, 1.165) is 6.07 Å². The monoisotopic (exact) mass is 280 g/mol. The minimum atomic E-state index is -4.63. The Labute approximate surface area is 125 Å². The summed E-state index contributed by atoms with van der Waals surface area (Å²) >= 11 is 0. The quantitative estimate of drug-likeness (QED) is 0.555. The molecule has 2 aromatic carbocycles. The predicted molar refractivity (Wildman–Crippen MR) is 66.6 cm³/mol. The number of phenols is 2. The summed E-state index contributed by atoms with van der Waals surface area (Å²) in [5.41, 5.74) is 0. The zero-order valence-electron chi connectivity index (χ0n) is 8.36. The van der Waals surface area contributed by atoms with Gasteiger partial charge in [-0.1, -0.05) is 6.07 Å². The van der Waals surface area contributed by atoms with Crippen LogP contribution in [-0.4, -0.2) is 52.7 Å². The van der Waals surface area contributed by atoms with Crippen molar-refractivity contribution in [3.05, 3.63) is 30.3 Å². The van der Waals surface area contributed by atoms with Crippen molar-refractivity contribution in [2.75, 3.05) is 0 Å². The molecule has 0 aliphatic rings. The van der Waals surface area contributed by atoms with Gasteiger partial charge < -0.3 is 14.4 Å². The number of benzene rings is 2. The zero-order chi connectivity index (χ0) is 12.6. The molecule has 6 nitrogen and oxygen atoms in total. The van der Waals surface area contributed by atoms with Gasteiger partial charge in [0.25, 0.3) is 0 Å². The summed E-state index contributed by atoms with van der Waals surface area (Å²) in [4.78, 5) is 0. The van der Waals surface area contributed by atoms with Crippen molar-refractivity contribution in [2.24, 2.45) is 0 Å². The van der Waals surface area contributed by atoms with Crippen LogP contribution in [0.3, 0.4) is 0 Å². The Morgan fingerprint density at radius 3 is 2.33 bits per heavy atom. The standard InChI is InChI=1S/C10H8O6S.Na.H/c11-7-2-1-6-3-8(16-17(13,14)15)5-10(12)9(6)4-7;;/h1-5,11-12H,(H,13,14,15);;. The van der Waals surface area contributed by atoms with Crippen LogP contribution < -0.4 is 4.18 Å². The fraction of sp³-hybridized carbons (Fsp3) is 0. The van der Waals surface area contributed by atoms with E-state index in [9.17, 15) is 18.6 Å². The molecule has 0 aromatic heterocycles. The molecule has 0 heterocycles. The summed E-state index contributed by atoms with van der Waals surface area (Å²) in [7, 11) is -4.63. The number of aromatic hydroxyl groups is 2. The van der Waals surface area contributed by atoms with Crippen LogP contribution in [0.1, 0.15) is 0 Å². The number of rotatable bonds is 2. The number of fused-ring (bicyclic) bond motifs is 1. The van der Waals surface area contributed by atoms with Crippen molar-refractivity contribution in [1.82, 2.24) is 0 Å². The molecule has 0 saturated heterocycles. The second kappa shape index (κ2) is 5.33. The first-order chi connectivity index (χ1) is 7.85. The molecular weight excluding hydrogens is 271 g/mol. The van der Waals surface area contributed by atoms with E-state index in [2.05, 4.69) is 4.18 Å². The molecule has 0 fully saturated rings. The summed E-state index contributed by atoms with van der Waals surface area (Å²) in [6.45, 7) is 0. The van der Waals surface area contributed by atoms with Crippen molar-refractivity contribution in [3.8, 4) is 17.2 Å². The van der Waals surface area contributed by atoms with Gasteiger partial charge in [-0.2, -0.15) is 8.42 Å². The zero-order valence-corrected chi connectivity index (χ0v) is 9.18. The Bertz CT molecular complexity index is 682. The Hall–Kier alpha value is -0.990. The first-order valence-corrected chi connectivity index (χ1v) is 5.84. The van der Waals surface area contributed by atoms with Crippen molar-refractivity contribution in [1.29, 1.82) is 0 Å². The number of hydrogen-bond donors (Lipinski definition) is 3. The average Bonchev–Trinajstić information content (AvgIpc) is 2.17. The van der Waals surface area contributed by atoms with E-state index in [4.69, 9.17) is 4.55 Å². The second-order valence-corrected chi connectivity index (χ2v) is 4.38. The van der Waals surface area contributed by atoms with Crippen LogP contribution in [0.4, 0.5) is 0 Å². The molecule has 92 valence electrons. The fourth-order valence-corrected chi connectivity index (χ4v) is 1.81. The molecule has 2 rings (SSSR count). The van der Waals surface area contributed by atoms with E-state index in [-0.39, 0.29) is 46.8 Å². The summed E-state index contributed by atoms with van der Waals surface area (Å²) < 4.78 is 33.8. The third-order valence-corrected chi connectivity index (χ3v) is 2.49. The summed E-state index contributed by atoms with van der Waals surface area (Å²) in [5.74, 6) is -0.517. The Morgan fingerprint density at radius 2 is 1.72 bits per heavy atom. The van der Waals surface area contributed by atoms with Crippen LogP contribution >= 0.6 is 0 Å². The van der Waals surface area contributed by atoms with E-state index in [1.54, 1.807) is 0 Å². The maximum absolute atomic E-state index is 10.5. The average molecular weight is 280 g/mol. The van der Waals surface area contributed by atoms with Gasteiger partial charge in [-0.15, -0.1) is 0 Å². The van der Waals surface area contributed by atoms with Gasteiger partial charge in [0.05, 0.1) is 0 Å². The van der Waals surface area contributed by atoms with Gasteiger partial charge in [0.2, 0.25) is 0 Å². The van der Waals surface area contributed by atoms with E-state index in [1.807, 2.05) is 0 Å². The van der Waals surface area contributed by atoms with Gasteiger partial charge in [-0.05, 0) is 23.6 Å². The normalized spacial score (nSPS) is 10.9. The molecular formula is C10H9NaO6S. The molecule has 2 aromatic rings. The molecule has 0 saturated carbocycles. The molecule has 8 heteroatoms. The molecule has 0 aliphatic carbocycles. The third kappa shape index (κ3) is 3.50. The van der Waals surface area contributed by atoms with E-state index < -0.39 is 10.4 Å². The summed E-state index contributed by atoms with van der Waals surface area (Å²) in [6, 6.07) is 6.50. The summed E-state index contributed by atoms with van der Waals surface area (Å²) in [6.07, 6.45) is 0. The first kappa shape index (κ1) is 15.1. The molecule has 0 aliphatic heterocycles. The van der Waals surface area contributed by atoms with Crippen molar-refractivity contribution >= 4 is 50.7 Å². The third-order valence-electron chi connectivity index (χ3n) is 2.09. The second-order valence-electron chi connectivity index (χ2n) is 3.36. The minimum absolute atomic E-state index is 0. The molecule has 0 atom stereocenters. The molecule has 0 spiro atoms. The predicted octanol–water partition coefficient (Wildman–Crippen LogP) is 0.784. The molecule has 0 radical (unpaired) electrons. The molecule has 18 heavy (non-hydrogen) atoms. The van der Waals surface area contributed by atoms with Gasteiger partial charge in [0.1, 0.15) is 17.2 Å². The van der Waals surface area contributed by atoms with Gasteiger partial charge in [-0.25, -0.2) is 0 Å². The van der Waals surface area contributed by atoms with Crippen LogP contribution in [0.15, 0.2) is 30.3 Å². The van der Waals surface area contributed by atoms with Crippen molar-refractivity contribution < 1.29 is 27.4 Å². The van der Waals surface area contributed by atoms with Crippen LogP contribution in [0, 0.1) is 0 Å². The van der Waals surface area contributed by atoms with Gasteiger partial charge in [0.15, 0.2) is 0 Å². The fourth-order valence-electron chi connectivity index (χ4n) is 1.47. The molecule has 3 N–H and O–H groups in total. The number of phenolic OH excluding ortho intramolecular Hbond substituents is 2. The molecule has 0 amide bonds. The van der Waals surface area contributed by atoms with E-state index in [1.165, 1.54) is 24.3 Å². The van der Waals surface area contributed by atoms with Gasteiger partial charge in [0, 0.05) is 11.5 Å². The summed E-state index contributed by atoms with van der Waals surface area (Å²) in [5, 5.41) is 19.6. The molecule has 0 unspecified atom stereocenters. The number of hydrogen-bond acceptors (Lipinski definition) is 5. The SMILES string of the molecule is O=S(=O)(O)Oc1cc(O)c2cc(O)ccc2c1.[NaH]. The topological polar surface area (TPSA) is 104 Å². The van der Waals surface area contributed by atoms with Crippen LogP contribution in [0.5, 0.6) is 17.2 Å². The molecule has 0 bridgehead atoms. The Kier molecular flexibility index (Phi) is 4.46.